The van der Waals surface area contributed by atoms with E-state index in [-0.39, 0.29) is 12.0 Å². The Morgan fingerprint density at radius 1 is 1.26 bits per heavy atom. The number of fused-ring (bicyclic) bond motifs is 2. The van der Waals surface area contributed by atoms with E-state index in [4.69, 9.17) is 4.98 Å². The molecule has 0 bridgehead atoms. The number of rotatable bonds is 3. The van der Waals surface area contributed by atoms with Crippen LogP contribution in [-0.2, 0) is 11.3 Å². The number of aliphatic hydroxyl groups is 1. The summed E-state index contributed by atoms with van der Waals surface area (Å²) in [6.45, 7) is 1.91. The molecule has 5 rings (SSSR count). The first-order valence-electron chi connectivity index (χ1n) is 8.61. The van der Waals surface area contributed by atoms with E-state index in [2.05, 4.69) is 10.6 Å². The van der Waals surface area contributed by atoms with Crippen LogP contribution in [0, 0.1) is 11.8 Å². The molecule has 1 N–H and O–H groups in total. The van der Waals surface area contributed by atoms with Gasteiger partial charge in [0.2, 0.25) is 5.91 Å². The number of aromatic nitrogens is 2. The average molecular weight is 311 g/mol. The van der Waals surface area contributed by atoms with Crippen LogP contribution < -0.4 is 0 Å². The fourth-order valence-corrected chi connectivity index (χ4v) is 4.22. The predicted octanol–water partition coefficient (Wildman–Crippen LogP) is 1.75. The van der Waals surface area contributed by atoms with Crippen molar-refractivity contribution in [3.63, 3.8) is 0 Å². The molecule has 1 saturated heterocycles. The summed E-state index contributed by atoms with van der Waals surface area (Å²) in [4.78, 5) is 19.5. The van der Waals surface area contributed by atoms with E-state index in [0.717, 1.165) is 36.4 Å². The first kappa shape index (κ1) is 13.5. The molecule has 0 radical (unpaired) electrons. The van der Waals surface area contributed by atoms with Gasteiger partial charge in [0.1, 0.15) is 12.4 Å². The summed E-state index contributed by atoms with van der Waals surface area (Å²) in [6.07, 6.45) is 3.01. The van der Waals surface area contributed by atoms with Crippen molar-refractivity contribution in [3.8, 4) is 0 Å². The normalized spacial score (nSPS) is 29.6. The molecule has 2 saturated carbocycles. The summed E-state index contributed by atoms with van der Waals surface area (Å²) in [5.41, 5.74) is 2.05. The van der Waals surface area contributed by atoms with Crippen molar-refractivity contribution in [1.29, 1.82) is 0 Å². The van der Waals surface area contributed by atoms with E-state index in [1.807, 2.05) is 23.1 Å². The lowest BCUT2D eigenvalue weighted by Gasteiger charge is -2.34. The van der Waals surface area contributed by atoms with Gasteiger partial charge in [-0.3, -0.25) is 4.79 Å². The van der Waals surface area contributed by atoms with Gasteiger partial charge in [-0.15, -0.1) is 0 Å². The number of para-hydroxylation sites is 2. The highest BCUT2D eigenvalue weighted by molar-refractivity contribution is 5.81. The third-order valence-corrected chi connectivity index (χ3v) is 5.80. The zero-order valence-electron chi connectivity index (χ0n) is 13.1. The number of nitrogens with zero attached hydrogens (tertiary/aromatic N) is 3. The van der Waals surface area contributed by atoms with Crippen LogP contribution in [-0.4, -0.2) is 44.7 Å². The van der Waals surface area contributed by atoms with Crippen LogP contribution in [0.1, 0.15) is 31.0 Å². The Balaban J connectivity index is 1.42. The van der Waals surface area contributed by atoms with Gasteiger partial charge in [-0.1, -0.05) is 12.1 Å². The SMILES string of the molecule is O=C(Cn1c(C2CC2)nc2ccccc21)N1C[C@H]2C[C@@H](O)[C@H]2C1. The van der Waals surface area contributed by atoms with Gasteiger partial charge in [-0.05, 0) is 37.3 Å². The van der Waals surface area contributed by atoms with Crippen LogP contribution in [0.2, 0.25) is 0 Å². The smallest absolute Gasteiger partial charge is 0.242 e. The lowest BCUT2D eigenvalue weighted by Crippen LogP contribution is -2.40. The fourth-order valence-electron chi connectivity index (χ4n) is 4.22. The monoisotopic (exact) mass is 311 g/mol. The summed E-state index contributed by atoms with van der Waals surface area (Å²) in [5, 5.41) is 9.79. The van der Waals surface area contributed by atoms with Crippen molar-refractivity contribution in [2.24, 2.45) is 11.8 Å². The van der Waals surface area contributed by atoms with Crippen molar-refractivity contribution in [3.05, 3.63) is 30.1 Å². The van der Waals surface area contributed by atoms with E-state index < -0.39 is 0 Å². The quantitative estimate of drug-likeness (QED) is 0.939. The maximum atomic E-state index is 12.8. The zero-order chi connectivity index (χ0) is 15.6. The maximum absolute atomic E-state index is 12.8. The van der Waals surface area contributed by atoms with Crippen LogP contribution in [0.3, 0.4) is 0 Å². The van der Waals surface area contributed by atoms with Gasteiger partial charge in [0.25, 0.3) is 0 Å². The Labute approximate surface area is 134 Å². The summed E-state index contributed by atoms with van der Waals surface area (Å²) < 4.78 is 2.12. The first-order valence-corrected chi connectivity index (χ1v) is 8.61. The summed E-state index contributed by atoms with van der Waals surface area (Å²) in [5.74, 6) is 2.57. The lowest BCUT2D eigenvalue weighted by atomic mass is 9.74. The van der Waals surface area contributed by atoms with E-state index >= 15 is 0 Å². The molecule has 23 heavy (non-hydrogen) atoms. The van der Waals surface area contributed by atoms with Crippen LogP contribution in [0.5, 0.6) is 0 Å². The summed E-state index contributed by atoms with van der Waals surface area (Å²) >= 11 is 0. The zero-order valence-corrected chi connectivity index (χ0v) is 13.1. The largest absolute Gasteiger partial charge is 0.393 e. The highest BCUT2D eigenvalue weighted by atomic mass is 16.3. The van der Waals surface area contributed by atoms with Crippen molar-refractivity contribution >= 4 is 16.9 Å². The third kappa shape index (κ3) is 2.10. The molecule has 1 aliphatic heterocycles. The van der Waals surface area contributed by atoms with E-state index in [0.29, 0.717) is 24.3 Å². The molecule has 2 aliphatic carbocycles. The van der Waals surface area contributed by atoms with Crippen molar-refractivity contribution in [1.82, 2.24) is 14.5 Å². The van der Waals surface area contributed by atoms with Crippen LogP contribution >= 0.6 is 0 Å². The molecule has 1 aromatic heterocycles. The van der Waals surface area contributed by atoms with E-state index in [1.54, 1.807) is 0 Å². The molecule has 1 amide bonds. The molecule has 3 atom stereocenters. The van der Waals surface area contributed by atoms with Crippen LogP contribution in [0.15, 0.2) is 24.3 Å². The number of aliphatic hydroxyl groups excluding tert-OH is 1. The van der Waals surface area contributed by atoms with Crippen molar-refractivity contribution < 1.29 is 9.90 Å². The van der Waals surface area contributed by atoms with E-state index in [9.17, 15) is 9.90 Å². The molecular weight excluding hydrogens is 290 g/mol. The molecule has 5 heteroatoms. The predicted molar refractivity (Wildman–Crippen MR) is 85.9 cm³/mol. The second kappa shape index (κ2) is 4.81. The van der Waals surface area contributed by atoms with Gasteiger partial charge >= 0.3 is 0 Å². The number of amides is 1. The third-order valence-electron chi connectivity index (χ3n) is 5.80. The minimum absolute atomic E-state index is 0.164. The first-order chi connectivity index (χ1) is 11.2. The number of carbonyl (C=O) groups excluding carboxylic acids is 1. The number of imidazole rings is 1. The fraction of sp³-hybridized carbons (Fsp3) is 0.556. The number of hydrogen-bond donors (Lipinski definition) is 1. The van der Waals surface area contributed by atoms with Crippen molar-refractivity contribution in [2.75, 3.05) is 13.1 Å². The van der Waals surface area contributed by atoms with Gasteiger partial charge in [-0.2, -0.15) is 0 Å². The second-order valence-corrected chi connectivity index (χ2v) is 7.34. The Kier molecular flexibility index (Phi) is 2.83. The molecule has 5 nitrogen and oxygen atoms in total. The Morgan fingerprint density at radius 2 is 2.09 bits per heavy atom. The molecule has 2 heterocycles. The molecular formula is C18H21N3O2. The van der Waals surface area contributed by atoms with Crippen molar-refractivity contribution in [2.45, 2.75) is 37.8 Å². The number of carbonyl (C=O) groups is 1. The summed E-state index contributed by atoms with van der Waals surface area (Å²) in [6, 6.07) is 8.08. The molecule has 2 aromatic rings. The van der Waals surface area contributed by atoms with Gasteiger partial charge in [0.15, 0.2) is 0 Å². The van der Waals surface area contributed by atoms with Crippen LogP contribution in [0.25, 0.3) is 11.0 Å². The van der Waals surface area contributed by atoms with E-state index in [1.165, 1.54) is 12.8 Å². The van der Waals surface area contributed by atoms with Gasteiger partial charge < -0.3 is 14.6 Å². The molecule has 0 spiro atoms. The minimum atomic E-state index is -0.200. The Morgan fingerprint density at radius 3 is 2.83 bits per heavy atom. The molecule has 0 unspecified atom stereocenters. The highest BCUT2D eigenvalue weighted by Crippen LogP contribution is 2.42. The number of benzene rings is 1. The molecule has 120 valence electrons. The minimum Gasteiger partial charge on any atom is -0.393 e. The maximum Gasteiger partial charge on any atom is 0.242 e. The standard InChI is InChI=1S/C18H21N3O2/c22-16-7-12-8-20(9-13(12)16)17(23)10-21-15-4-2-1-3-14(15)19-18(21)11-5-6-11/h1-4,11-13,16,22H,5-10H2/t12-,13+,16-/m1/s1. The topological polar surface area (TPSA) is 58.4 Å². The Hall–Kier alpha value is -1.88. The van der Waals surface area contributed by atoms with Crippen LogP contribution in [0.4, 0.5) is 0 Å². The highest BCUT2D eigenvalue weighted by Gasteiger charge is 2.47. The Bertz CT molecular complexity index is 780. The molecule has 3 fully saturated rings. The van der Waals surface area contributed by atoms with Gasteiger partial charge in [0, 0.05) is 24.9 Å². The number of likely N-dealkylation sites (tertiary alicyclic amines) is 1. The molecule has 3 aliphatic rings. The molecule has 1 aromatic carbocycles. The average Bonchev–Trinajstić information content (AvgIpc) is 3.25. The second-order valence-electron chi connectivity index (χ2n) is 7.34. The number of hydrogen-bond acceptors (Lipinski definition) is 3. The lowest BCUT2D eigenvalue weighted by molar-refractivity contribution is -0.130. The van der Waals surface area contributed by atoms with Gasteiger partial charge in [0.05, 0.1) is 17.1 Å². The summed E-state index contributed by atoms with van der Waals surface area (Å²) in [7, 11) is 0. The van der Waals surface area contributed by atoms with Gasteiger partial charge in [-0.25, -0.2) is 4.98 Å².